The van der Waals surface area contributed by atoms with Crippen LogP contribution in [0.25, 0.3) is 10.9 Å². The molecule has 1 heterocycles. The van der Waals surface area contributed by atoms with Crippen molar-refractivity contribution in [2.24, 2.45) is 10.7 Å². The zero-order valence-electron chi connectivity index (χ0n) is 14.0. The van der Waals surface area contributed by atoms with Crippen molar-refractivity contribution < 1.29 is 14.5 Å². The van der Waals surface area contributed by atoms with Crippen LogP contribution in [-0.2, 0) is 0 Å². The van der Waals surface area contributed by atoms with Crippen LogP contribution in [0.5, 0.6) is 11.5 Å². The topological polar surface area (TPSA) is 136 Å². The first-order chi connectivity index (χ1) is 12.9. The first-order valence-corrected chi connectivity index (χ1v) is 8.03. The molecule has 0 atom stereocenters. The number of aliphatic imine (C=N–C) groups is 1. The minimum absolute atomic E-state index is 0.00746. The number of ether oxygens (including phenoxy) is 1. The summed E-state index contributed by atoms with van der Waals surface area (Å²) >= 11 is 6.28. The van der Waals surface area contributed by atoms with Gasteiger partial charge in [-0.05, 0) is 18.2 Å². The van der Waals surface area contributed by atoms with Crippen molar-refractivity contribution in [1.29, 1.82) is 0 Å². The van der Waals surface area contributed by atoms with E-state index in [0.717, 1.165) is 0 Å². The van der Waals surface area contributed by atoms with E-state index < -0.39 is 10.8 Å². The second-order valence-corrected chi connectivity index (χ2v) is 5.87. The lowest BCUT2D eigenvalue weighted by atomic mass is 10.2. The van der Waals surface area contributed by atoms with Gasteiger partial charge in [-0.2, -0.15) is 0 Å². The van der Waals surface area contributed by atoms with Crippen molar-refractivity contribution in [3.8, 4) is 11.5 Å². The number of carbonyl (C=O) groups is 1. The third kappa shape index (κ3) is 3.98. The molecule has 0 saturated carbocycles. The highest BCUT2D eigenvalue weighted by Gasteiger charge is 2.14. The summed E-state index contributed by atoms with van der Waals surface area (Å²) in [6.45, 7) is 0. The SMILES string of the molecule is CN=C(N)NC(=O)c1cc2c(Cl)cc(Oc3ccc([N+](=O)[O-])cc3)cc2[nH]1. The molecule has 138 valence electrons. The molecular formula is C17H14ClN5O4. The van der Waals surface area contributed by atoms with Crippen LogP contribution in [0.1, 0.15) is 10.5 Å². The van der Waals surface area contributed by atoms with Crippen molar-refractivity contribution in [3.05, 3.63) is 63.3 Å². The predicted molar refractivity (Wildman–Crippen MR) is 101 cm³/mol. The number of hydrogen-bond donors (Lipinski definition) is 3. The van der Waals surface area contributed by atoms with Gasteiger partial charge in [0.25, 0.3) is 11.6 Å². The van der Waals surface area contributed by atoms with Gasteiger partial charge in [0.2, 0.25) is 0 Å². The molecule has 0 fully saturated rings. The number of non-ortho nitro benzene ring substituents is 1. The Morgan fingerprint density at radius 1 is 1.26 bits per heavy atom. The van der Waals surface area contributed by atoms with Crippen molar-refractivity contribution in [1.82, 2.24) is 10.3 Å². The molecule has 1 amide bonds. The number of nitro benzene ring substituents is 1. The average molecular weight is 388 g/mol. The smallest absolute Gasteiger partial charge is 0.274 e. The van der Waals surface area contributed by atoms with Crippen LogP contribution in [0, 0.1) is 10.1 Å². The molecule has 3 rings (SSSR count). The first-order valence-electron chi connectivity index (χ1n) is 7.65. The lowest BCUT2D eigenvalue weighted by molar-refractivity contribution is -0.384. The summed E-state index contributed by atoms with van der Waals surface area (Å²) in [4.78, 5) is 28.9. The fraction of sp³-hybridized carbons (Fsp3) is 0.0588. The second-order valence-electron chi connectivity index (χ2n) is 5.47. The molecule has 3 aromatic rings. The van der Waals surface area contributed by atoms with Gasteiger partial charge in [-0.15, -0.1) is 0 Å². The molecule has 0 radical (unpaired) electrons. The van der Waals surface area contributed by atoms with E-state index in [1.807, 2.05) is 0 Å². The van der Waals surface area contributed by atoms with Gasteiger partial charge in [0.1, 0.15) is 17.2 Å². The molecule has 10 heteroatoms. The van der Waals surface area contributed by atoms with Gasteiger partial charge in [-0.3, -0.25) is 25.2 Å². The summed E-state index contributed by atoms with van der Waals surface area (Å²) in [5.41, 5.74) is 6.29. The van der Waals surface area contributed by atoms with Gasteiger partial charge in [0, 0.05) is 36.7 Å². The van der Waals surface area contributed by atoms with E-state index in [-0.39, 0.29) is 17.3 Å². The van der Waals surface area contributed by atoms with Gasteiger partial charge < -0.3 is 15.5 Å². The summed E-state index contributed by atoms with van der Waals surface area (Å²) in [6.07, 6.45) is 0. The number of aromatic nitrogens is 1. The summed E-state index contributed by atoms with van der Waals surface area (Å²) in [6, 6.07) is 10.5. The minimum atomic E-state index is -0.492. The Balaban J connectivity index is 1.87. The van der Waals surface area contributed by atoms with Crippen LogP contribution in [0.4, 0.5) is 5.69 Å². The van der Waals surface area contributed by atoms with Crippen LogP contribution in [0.3, 0.4) is 0 Å². The second kappa shape index (κ2) is 7.34. The summed E-state index contributed by atoms with van der Waals surface area (Å²) in [7, 11) is 1.46. The third-order valence-electron chi connectivity index (χ3n) is 3.67. The highest BCUT2D eigenvalue weighted by Crippen LogP contribution is 2.32. The molecule has 2 aromatic carbocycles. The van der Waals surface area contributed by atoms with Crippen molar-refractivity contribution >= 4 is 40.1 Å². The fourth-order valence-electron chi connectivity index (χ4n) is 2.36. The Hall–Kier alpha value is -3.59. The molecule has 1 aromatic heterocycles. The molecule has 9 nitrogen and oxygen atoms in total. The van der Waals surface area contributed by atoms with Gasteiger partial charge in [-0.1, -0.05) is 11.6 Å². The number of fused-ring (bicyclic) bond motifs is 1. The van der Waals surface area contributed by atoms with Crippen molar-refractivity contribution in [2.75, 3.05) is 7.05 Å². The number of guanidine groups is 1. The Labute approximate surface area is 157 Å². The van der Waals surface area contributed by atoms with Crippen molar-refractivity contribution in [3.63, 3.8) is 0 Å². The molecular weight excluding hydrogens is 374 g/mol. The highest BCUT2D eigenvalue weighted by molar-refractivity contribution is 6.35. The third-order valence-corrected chi connectivity index (χ3v) is 3.98. The maximum atomic E-state index is 12.1. The molecule has 0 saturated heterocycles. The van der Waals surface area contributed by atoms with Crippen LogP contribution in [-0.4, -0.2) is 28.8 Å². The zero-order chi connectivity index (χ0) is 19.6. The predicted octanol–water partition coefficient (Wildman–Crippen LogP) is 3.20. The molecule has 0 unspecified atom stereocenters. The number of nitrogens with two attached hydrogens (primary N) is 1. The number of carbonyl (C=O) groups excluding carboxylic acids is 1. The van der Waals surface area contributed by atoms with Crippen LogP contribution in [0.15, 0.2) is 47.5 Å². The number of nitrogens with zero attached hydrogens (tertiary/aromatic N) is 2. The number of halogens is 1. The first kappa shape index (κ1) is 18.2. The number of amides is 1. The number of nitro groups is 1. The Morgan fingerprint density at radius 2 is 1.96 bits per heavy atom. The van der Waals surface area contributed by atoms with E-state index in [2.05, 4.69) is 15.3 Å². The van der Waals surface area contributed by atoms with Gasteiger partial charge in [0.15, 0.2) is 5.96 Å². The molecule has 4 N–H and O–H groups in total. The minimum Gasteiger partial charge on any atom is -0.457 e. The standard InChI is InChI=1S/C17H14ClN5O4/c1-20-17(19)22-16(24)15-8-12-13(18)6-11(7-14(12)21-15)27-10-4-2-9(3-5-10)23(25)26/h2-8,21H,1H3,(H3,19,20,22,24). The number of benzene rings is 2. The molecule has 0 aliphatic rings. The average Bonchev–Trinajstić information content (AvgIpc) is 3.07. The van der Waals surface area contributed by atoms with E-state index in [1.54, 1.807) is 18.2 Å². The maximum Gasteiger partial charge on any atom is 0.274 e. The number of rotatable bonds is 4. The monoisotopic (exact) mass is 387 g/mol. The molecule has 0 bridgehead atoms. The number of aromatic amines is 1. The molecule has 0 aliphatic heterocycles. The highest BCUT2D eigenvalue weighted by atomic mass is 35.5. The largest absolute Gasteiger partial charge is 0.457 e. The van der Waals surface area contributed by atoms with Crippen LogP contribution >= 0.6 is 11.6 Å². The van der Waals surface area contributed by atoms with Crippen molar-refractivity contribution in [2.45, 2.75) is 0 Å². The Morgan fingerprint density at radius 3 is 2.59 bits per heavy atom. The van der Waals surface area contributed by atoms with Gasteiger partial charge in [0.05, 0.1) is 15.5 Å². The summed E-state index contributed by atoms with van der Waals surface area (Å²) in [5.74, 6) is 0.354. The number of nitrogens with one attached hydrogen (secondary N) is 2. The molecule has 0 aliphatic carbocycles. The lowest BCUT2D eigenvalue weighted by Crippen LogP contribution is -2.36. The summed E-state index contributed by atoms with van der Waals surface area (Å²) < 4.78 is 5.69. The normalized spacial score (nSPS) is 11.4. The van der Waals surface area contributed by atoms with E-state index in [9.17, 15) is 14.9 Å². The van der Waals surface area contributed by atoms with Crippen LogP contribution < -0.4 is 15.8 Å². The lowest BCUT2D eigenvalue weighted by Gasteiger charge is -2.06. The van der Waals surface area contributed by atoms with E-state index in [1.165, 1.54) is 31.3 Å². The number of hydrogen-bond acceptors (Lipinski definition) is 5. The Bertz CT molecular complexity index is 1060. The summed E-state index contributed by atoms with van der Waals surface area (Å²) in [5, 5.41) is 14.1. The zero-order valence-corrected chi connectivity index (χ0v) is 14.8. The van der Waals surface area contributed by atoms with Gasteiger partial charge >= 0.3 is 0 Å². The molecule has 27 heavy (non-hydrogen) atoms. The maximum absolute atomic E-state index is 12.1. The quantitative estimate of drug-likeness (QED) is 0.273. The molecule has 0 spiro atoms. The number of H-pyrrole nitrogens is 1. The van der Waals surface area contributed by atoms with Crippen LogP contribution in [0.2, 0.25) is 5.02 Å². The van der Waals surface area contributed by atoms with E-state index in [0.29, 0.717) is 27.4 Å². The van der Waals surface area contributed by atoms with E-state index in [4.69, 9.17) is 22.1 Å². The van der Waals surface area contributed by atoms with Gasteiger partial charge in [-0.25, -0.2) is 0 Å². The fourth-order valence-corrected chi connectivity index (χ4v) is 2.63. The van der Waals surface area contributed by atoms with E-state index >= 15 is 0 Å². The Kier molecular flexibility index (Phi) is 4.95.